The fraction of sp³-hybridized carbons (Fsp3) is 0.500. The SMILES string of the molecule is Nc1[15n][13c](=O)[15n]([C@@H]2CS[C@H](COS(=O)(=O)O)O2)cc1F. The van der Waals surface area contributed by atoms with Crippen molar-refractivity contribution >= 4 is 28.0 Å². The lowest BCUT2D eigenvalue weighted by atomic mass is 10.6. The molecule has 20 heavy (non-hydrogen) atoms. The number of nitrogen functional groups attached to an aromatic ring is 1. The Labute approximate surface area is 116 Å². The van der Waals surface area contributed by atoms with Crippen LogP contribution < -0.4 is 11.4 Å². The van der Waals surface area contributed by atoms with Gasteiger partial charge in [0.25, 0.3) is 0 Å². The van der Waals surface area contributed by atoms with E-state index in [1.165, 1.54) is 0 Å². The predicted octanol–water partition coefficient (Wildman–Crippen LogP) is -0.628. The number of nitrogens with zero attached hydrogens (tertiary/aromatic N) is 2. The van der Waals surface area contributed by atoms with Crippen molar-refractivity contribution in [3.8, 4) is 0 Å². The van der Waals surface area contributed by atoms with Crippen molar-refractivity contribution in [3.63, 3.8) is 0 Å². The van der Waals surface area contributed by atoms with Crippen LogP contribution >= 0.6 is 11.8 Å². The van der Waals surface area contributed by atoms with Crippen molar-refractivity contribution in [1.82, 2.24) is 9.55 Å². The van der Waals surface area contributed by atoms with Gasteiger partial charge in [-0.15, -0.1) is 11.8 Å². The quantitative estimate of drug-likeness (QED) is 0.692. The van der Waals surface area contributed by atoms with Crippen LogP contribution in [0.3, 0.4) is 0 Å². The molecule has 2 atom stereocenters. The van der Waals surface area contributed by atoms with Crippen molar-refractivity contribution < 1.29 is 26.3 Å². The number of hydrogen-bond acceptors (Lipinski definition) is 8. The average molecular weight is 330 g/mol. The summed E-state index contributed by atoms with van der Waals surface area (Å²) in [7, 11) is -4.56. The largest absolute Gasteiger partial charge is 0.397 e. The van der Waals surface area contributed by atoms with Crippen LogP contribution in [-0.4, -0.2) is 40.3 Å². The zero-order chi connectivity index (χ0) is 14.9. The van der Waals surface area contributed by atoms with Gasteiger partial charge in [0.2, 0.25) is 0 Å². The highest BCUT2D eigenvalue weighted by Crippen LogP contribution is 2.31. The molecule has 1 aliphatic rings. The molecule has 0 aliphatic carbocycles. The summed E-state index contributed by atoms with van der Waals surface area (Å²) >= 11 is 1.14. The van der Waals surface area contributed by atoms with Gasteiger partial charge in [-0.1, -0.05) is 0 Å². The fourth-order valence-corrected chi connectivity index (χ4v) is 2.85. The Morgan fingerprint density at radius 1 is 1.70 bits per heavy atom. The Kier molecular flexibility index (Phi) is 4.29. The van der Waals surface area contributed by atoms with Crippen molar-refractivity contribution in [1.29, 1.82) is 0 Å². The smallest absolute Gasteiger partial charge is 0.381 e. The highest BCUT2D eigenvalue weighted by molar-refractivity contribution is 8.00. The first-order valence-electron chi connectivity index (χ1n) is 5.19. The highest BCUT2D eigenvalue weighted by atomic mass is 32.3. The molecule has 0 spiro atoms. The van der Waals surface area contributed by atoms with E-state index < -0.39 is 46.0 Å². The number of aromatic nitrogens is 2. The Morgan fingerprint density at radius 2 is 2.40 bits per heavy atom. The first-order chi connectivity index (χ1) is 9.26. The van der Waals surface area contributed by atoms with Crippen LogP contribution in [0.2, 0.25) is 0 Å². The summed E-state index contributed by atoms with van der Waals surface area (Å²) in [5, 5.41) is 0. The molecular weight excluding hydrogens is 320 g/mol. The minimum Gasteiger partial charge on any atom is -0.381 e. The predicted molar refractivity (Wildman–Crippen MR) is 66.7 cm³/mol. The summed E-state index contributed by atoms with van der Waals surface area (Å²) in [6, 6.07) is 0. The molecule has 9 nitrogen and oxygen atoms in total. The molecule has 0 saturated carbocycles. The van der Waals surface area contributed by atoms with Crippen LogP contribution in [0.5, 0.6) is 0 Å². The number of thioether (sulfide) groups is 1. The van der Waals surface area contributed by atoms with E-state index in [2.05, 4.69) is 9.17 Å². The third-order valence-corrected chi connectivity index (χ3v) is 3.86. The third kappa shape index (κ3) is 3.67. The third-order valence-electron chi connectivity index (χ3n) is 2.33. The second-order valence-electron chi connectivity index (χ2n) is 3.73. The molecule has 2 heterocycles. The van der Waals surface area contributed by atoms with E-state index in [0.29, 0.717) is 0 Å². The maximum absolute atomic E-state index is 13.3. The van der Waals surface area contributed by atoms with E-state index in [1.807, 2.05) is 0 Å². The number of rotatable bonds is 4. The van der Waals surface area contributed by atoms with E-state index in [4.69, 9.17) is 15.0 Å². The monoisotopic (exact) mass is 330 g/mol. The molecule has 0 aromatic carbocycles. The molecular formula is C8H10FN3O6S2. The van der Waals surface area contributed by atoms with Gasteiger partial charge in [-0.3, -0.25) is 9.12 Å². The Hall–Kier alpha value is -1.21. The number of ether oxygens (including phenoxy) is 1. The number of nitrogens with two attached hydrogens (primary N) is 1. The lowest BCUT2D eigenvalue weighted by Crippen LogP contribution is -2.30. The van der Waals surface area contributed by atoms with Crippen molar-refractivity contribution in [3.05, 3.63) is 22.5 Å². The van der Waals surface area contributed by atoms with Gasteiger partial charge < -0.3 is 10.5 Å². The lowest BCUT2D eigenvalue weighted by molar-refractivity contribution is -0.00312. The lowest BCUT2D eigenvalue weighted by Gasteiger charge is -2.14. The summed E-state index contributed by atoms with van der Waals surface area (Å²) in [4.78, 5) is 14.8. The van der Waals surface area contributed by atoms with Gasteiger partial charge in [0.15, 0.2) is 11.6 Å². The second-order valence-corrected chi connectivity index (χ2v) is 6.01. The maximum Gasteiger partial charge on any atom is 0.397 e. The van der Waals surface area contributed by atoms with E-state index in [0.717, 1.165) is 22.5 Å². The molecule has 0 unspecified atom stereocenters. The molecule has 3 N–H and O–H groups in total. The zero-order valence-electron chi connectivity index (χ0n) is 9.80. The van der Waals surface area contributed by atoms with Crippen LogP contribution in [0.15, 0.2) is 11.0 Å². The molecule has 1 saturated heterocycles. The molecule has 1 aromatic heterocycles. The van der Waals surface area contributed by atoms with Gasteiger partial charge in [-0.05, 0) is 0 Å². The minimum absolute atomic E-state index is 0.254. The summed E-state index contributed by atoms with van der Waals surface area (Å²) in [5.74, 6) is -1.12. The van der Waals surface area contributed by atoms with Crippen LogP contribution in [0.25, 0.3) is 0 Å². The van der Waals surface area contributed by atoms with Gasteiger partial charge in [-0.25, -0.2) is 13.4 Å². The molecule has 0 radical (unpaired) electrons. The molecule has 1 aromatic rings. The summed E-state index contributed by atoms with van der Waals surface area (Å²) < 4.78 is 52.9. The maximum atomic E-state index is 13.3. The van der Waals surface area contributed by atoms with Crippen molar-refractivity contribution in [2.24, 2.45) is 0 Å². The van der Waals surface area contributed by atoms with Crippen LogP contribution in [-0.2, 0) is 19.3 Å². The van der Waals surface area contributed by atoms with Gasteiger partial charge in [-0.2, -0.15) is 13.4 Å². The normalized spacial score (nSPS) is 23.1. The minimum atomic E-state index is -4.56. The topological polar surface area (TPSA) is 134 Å². The molecule has 112 valence electrons. The molecule has 12 heteroatoms. The Morgan fingerprint density at radius 3 is 3.05 bits per heavy atom. The Balaban J connectivity index is 2.06. The van der Waals surface area contributed by atoms with Crippen LogP contribution in [0, 0.1) is 5.82 Å². The average Bonchev–Trinajstić information content (AvgIpc) is 2.79. The summed E-state index contributed by atoms with van der Waals surface area (Å²) in [6.07, 6.45) is 0.0344. The number of anilines is 1. The van der Waals surface area contributed by atoms with E-state index >= 15 is 0 Å². The molecule has 2 rings (SSSR count). The molecule has 0 bridgehead atoms. The van der Waals surface area contributed by atoms with E-state index in [-0.39, 0.29) is 5.75 Å². The molecule has 0 amide bonds. The van der Waals surface area contributed by atoms with Gasteiger partial charge in [0.1, 0.15) is 18.3 Å². The number of halogens is 1. The van der Waals surface area contributed by atoms with Gasteiger partial charge in [0.05, 0.1) is 6.20 Å². The van der Waals surface area contributed by atoms with Crippen LogP contribution in [0.1, 0.15) is 6.23 Å². The summed E-state index contributed by atoms with van der Waals surface area (Å²) in [6.45, 7) is -0.431. The zero-order valence-corrected chi connectivity index (χ0v) is 11.4. The molecule has 1 aliphatic heterocycles. The standard InChI is InChI=1S/C8H10FN3O6S2/c9-4-1-12(8(13)11-7(4)10)5-3-19-6(18-5)2-17-20(14,15)16/h1,5-6H,2-3H2,(H2,10,11,13)(H,14,15,16)/t5-,6+/m0/s1/i8+1,11+1,12+1. The first-order valence-corrected chi connectivity index (χ1v) is 7.61. The van der Waals surface area contributed by atoms with Crippen LogP contribution in [0.4, 0.5) is 10.2 Å². The second kappa shape index (κ2) is 5.65. The highest BCUT2D eigenvalue weighted by Gasteiger charge is 2.29. The summed E-state index contributed by atoms with van der Waals surface area (Å²) in [5.41, 5.74) is 3.64. The van der Waals surface area contributed by atoms with Crippen molar-refractivity contribution in [2.45, 2.75) is 11.7 Å². The van der Waals surface area contributed by atoms with E-state index in [1.54, 1.807) is 0 Å². The number of hydrogen-bond donors (Lipinski definition) is 2. The van der Waals surface area contributed by atoms with E-state index in [9.17, 15) is 17.6 Å². The fourth-order valence-electron chi connectivity index (χ4n) is 1.48. The first kappa shape index (κ1) is 15.2. The van der Waals surface area contributed by atoms with Gasteiger partial charge >= 0.3 is 16.1 Å². The molecule has 1 fully saturated rings. The van der Waals surface area contributed by atoms with Crippen molar-refractivity contribution in [2.75, 3.05) is 18.1 Å². The van der Waals surface area contributed by atoms with Gasteiger partial charge in [0, 0.05) is 5.75 Å². The Bertz CT molecular complexity index is 663.